The number of phenolic OH excluding ortho intramolecular Hbond substituents is 1. The van der Waals surface area contributed by atoms with E-state index < -0.39 is 0 Å². The van der Waals surface area contributed by atoms with Gasteiger partial charge >= 0.3 is 0 Å². The van der Waals surface area contributed by atoms with Crippen LogP contribution in [-0.4, -0.2) is 29.1 Å². The third-order valence-electron chi connectivity index (χ3n) is 7.16. The average molecular weight is 458 g/mol. The second-order valence-corrected chi connectivity index (χ2v) is 9.61. The molecule has 3 nitrogen and oxygen atoms in total. The Balaban J connectivity index is 1.60. The predicted molar refractivity (Wildman–Crippen MR) is 147 cm³/mol. The van der Waals surface area contributed by atoms with E-state index in [1.54, 1.807) is 0 Å². The number of aromatic hydroxyl groups is 1. The Morgan fingerprint density at radius 2 is 1.31 bits per heavy atom. The fraction of sp³-hybridized carbons (Fsp3) is 0.156. The molecular formula is C32H29N2O+. The molecule has 0 bridgehead atoms. The third-order valence-corrected chi connectivity index (χ3v) is 7.16. The molecule has 1 heterocycles. The van der Waals surface area contributed by atoms with Crippen molar-refractivity contribution < 1.29 is 9.68 Å². The van der Waals surface area contributed by atoms with Crippen molar-refractivity contribution in [3.63, 3.8) is 0 Å². The van der Waals surface area contributed by atoms with Crippen molar-refractivity contribution in [2.45, 2.75) is 20.8 Å². The van der Waals surface area contributed by atoms with E-state index in [1.807, 2.05) is 24.3 Å². The first-order valence-corrected chi connectivity index (χ1v) is 12.2. The number of fused-ring (bicyclic) bond motifs is 2. The van der Waals surface area contributed by atoms with Gasteiger partial charge in [-0.3, -0.25) is 0 Å². The van der Waals surface area contributed by atoms with Gasteiger partial charge in [0.05, 0.1) is 0 Å². The fourth-order valence-electron chi connectivity index (χ4n) is 5.76. The largest absolute Gasteiger partial charge is 0.507 e. The molecule has 0 saturated heterocycles. The Morgan fingerprint density at radius 1 is 0.714 bits per heavy atom. The lowest BCUT2D eigenvalue weighted by Gasteiger charge is -2.18. The summed E-state index contributed by atoms with van der Waals surface area (Å²) < 4.78 is 2.37. The molecule has 0 aliphatic carbocycles. The van der Waals surface area contributed by atoms with Crippen molar-refractivity contribution in [1.82, 2.24) is 0 Å². The van der Waals surface area contributed by atoms with Crippen LogP contribution in [0.15, 0.2) is 84.9 Å². The van der Waals surface area contributed by atoms with Crippen LogP contribution < -0.4 is 4.90 Å². The number of nitrogens with zero attached hydrogens (tertiary/aromatic N) is 2. The molecule has 0 aromatic heterocycles. The highest BCUT2D eigenvalue weighted by atomic mass is 16.3. The smallest absolute Gasteiger partial charge is 0.244 e. The monoisotopic (exact) mass is 457 g/mol. The summed E-state index contributed by atoms with van der Waals surface area (Å²) in [6, 6.07) is 29.5. The first-order valence-electron chi connectivity index (χ1n) is 12.2. The van der Waals surface area contributed by atoms with Crippen molar-refractivity contribution in [3.05, 3.63) is 102 Å². The highest BCUT2D eigenvalue weighted by Gasteiger charge is 2.29. The Kier molecular flexibility index (Phi) is 5.07. The van der Waals surface area contributed by atoms with Gasteiger partial charge in [-0.15, -0.1) is 0 Å². The first-order chi connectivity index (χ1) is 17.0. The first kappa shape index (κ1) is 21.4. The zero-order chi connectivity index (χ0) is 24.1. The molecular weight excluding hydrogens is 428 g/mol. The summed E-state index contributed by atoms with van der Waals surface area (Å²) in [6.07, 6.45) is 2.24. The normalized spacial score (nSPS) is 13.6. The molecule has 5 aromatic rings. The fourth-order valence-corrected chi connectivity index (χ4v) is 5.76. The average Bonchev–Trinajstić information content (AvgIpc) is 3.32. The Hall–Kier alpha value is -4.11. The molecule has 1 aliphatic heterocycles. The van der Waals surface area contributed by atoms with Crippen molar-refractivity contribution in [2.24, 2.45) is 0 Å². The minimum absolute atomic E-state index is 0.308. The van der Waals surface area contributed by atoms with Crippen LogP contribution in [0.1, 0.15) is 16.7 Å². The molecule has 0 radical (unpaired) electrons. The van der Waals surface area contributed by atoms with E-state index in [4.69, 9.17) is 0 Å². The van der Waals surface area contributed by atoms with Crippen molar-refractivity contribution in [2.75, 3.05) is 18.0 Å². The molecule has 0 saturated carbocycles. The van der Waals surface area contributed by atoms with Crippen molar-refractivity contribution in [1.29, 1.82) is 0 Å². The van der Waals surface area contributed by atoms with E-state index in [-0.39, 0.29) is 0 Å². The lowest BCUT2D eigenvalue weighted by Crippen LogP contribution is -2.19. The van der Waals surface area contributed by atoms with E-state index in [2.05, 4.69) is 97.2 Å². The lowest BCUT2D eigenvalue weighted by molar-refractivity contribution is -0.425. The molecule has 172 valence electrons. The van der Waals surface area contributed by atoms with Gasteiger partial charge in [-0.1, -0.05) is 78.4 Å². The van der Waals surface area contributed by atoms with Gasteiger partial charge < -0.3 is 5.11 Å². The van der Waals surface area contributed by atoms with Gasteiger partial charge in [0.1, 0.15) is 30.2 Å². The molecule has 3 heteroatoms. The summed E-state index contributed by atoms with van der Waals surface area (Å²) in [5.74, 6) is 0.308. The maximum absolute atomic E-state index is 11.2. The Labute approximate surface area is 206 Å². The third kappa shape index (κ3) is 3.55. The van der Waals surface area contributed by atoms with Crippen molar-refractivity contribution in [3.8, 4) is 16.9 Å². The Morgan fingerprint density at radius 3 is 2.00 bits per heavy atom. The van der Waals surface area contributed by atoms with Gasteiger partial charge in [0.15, 0.2) is 0 Å². The zero-order valence-corrected chi connectivity index (χ0v) is 20.4. The standard InChI is InChI=1S/C32H28N2O/c1-21-18-22(2)32(23(3)19-21)34-17-16-33(20-34)28-14-12-24-8-4-6-10-26(24)30(28)31-27-11-7-5-9-25(27)13-15-29(31)35/h4-15,18-20H,16-17H2,1-3H3/p+1. The maximum atomic E-state index is 11.2. The highest BCUT2D eigenvalue weighted by Crippen LogP contribution is 2.45. The highest BCUT2D eigenvalue weighted by molar-refractivity contribution is 6.13. The van der Waals surface area contributed by atoms with Crippen LogP contribution in [-0.2, 0) is 0 Å². The summed E-state index contributed by atoms with van der Waals surface area (Å²) in [5.41, 5.74) is 8.26. The van der Waals surface area contributed by atoms with Crippen LogP contribution in [0, 0.1) is 20.8 Å². The maximum Gasteiger partial charge on any atom is 0.244 e. The van der Waals surface area contributed by atoms with Gasteiger partial charge in [0.25, 0.3) is 0 Å². The number of rotatable bonds is 3. The molecule has 0 spiro atoms. The van der Waals surface area contributed by atoms with E-state index in [0.29, 0.717) is 5.75 Å². The second-order valence-electron chi connectivity index (χ2n) is 9.61. The number of benzene rings is 5. The molecule has 0 atom stereocenters. The van der Waals surface area contributed by atoms with Crippen LogP contribution in [0.2, 0.25) is 0 Å². The summed E-state index contributed by atoms with van der Waals surface area (Å²) in [7, 11) is 0. The van der Waals surface area contributed by atoms with Gasteiger partial charge in [0.2, 0.25) is 6.34 Å². The molecule has 0 amide bonds. The van der Waals surface area contributed by atoms with E-state index in [0.717, 1.165) is 46.1 Å². The van der Waals surface area contributed by atoms with Crippen LogP contribution in [0.25, 0.3) is 32.7 Å². The van der Waals surface area contributed by atoms with E-state index in [1.165, 1.54) is 27.8 Å². The molecule has 35 heavy (non-hydrogen) atoms. The Bertz CT molecular complexity index is 1620. The lowest BCUT2D eigenvalue weighted by atomic mass is 9.91. The van der Waals surface area contributed by atoms with Crippen molar-refractivity contribution >= 4 is 39.3 Å². The topological polar surface area (TPSA) is 26.5 Å². The molecule has 1 N–H and O–H groups in total. The minimum Gasteiger partial charge on any atom is -0.507 e. The summed E-state index contributed by atoms with van der Waals surface area (Å²) >= 11 is 0. The zero-order valence-electron chi connectivity index (χ0n) is 20.4. The van der Waals surface area contributed by atoms with Crippen LogP contribution in [0.3, 0.4) is 0 Å². The van der Waals surface area contributed by atoms with Crippen LogP contribution >= 0.6 is 0 Å². The number of phenols is 1. The number of hydrogen-bond acceptors (Lipinski definition) is 2. The number of anilines is 1. The molecule has 0 unspecified atom stereocenters. The van der Waals surface area contributed by atoms with E-state index in [9.17, 15) is 5.11 Å². The van der Waals surface area contributed by atoms with Gasteiger partial charge in [-0.05, 0) is 65.6 Å². The minimum atomic E-state index is 0.308. The molecule has 0 fully saturated rings. The quantitative estimate of drug-likeness (QED) is 0.284. The summed E-state index contributed by atoms with van der Waals surface area (Å²) in [4.78, 5) is 2.34. The SMILES string of the molecule is Cc1cc(C)c([N+]2=CN(c3ccc4ccccc4c3-c3c(O)ccc4ccccc34)CC2)c(C)c1. The van der Waals surface area contributed by atoms with E-state index >= 15 is 0 Å². The van der Waals surface area contributed by atoms with Crippen LogP contribution in [0.4, 0.5) is 11.4 Å². The van der Waals surface area contributed by atoms with Crippen LogP contribution in [0.5, 0.6) is 5.75 Å². The predicted octanol–water partition coefficient (Wildman–Crippen LogP) is 7.48. The summed E-state index contributed by atoms with van der Waals surface area (Å²) in [6.45, 7) is 8.34. The molecule has 6 rings (SSSR count). The second kappa shape index (κ2) is 8.28. The van der Waals surface area contributed by atoms with Gasteiger partial charge in [-0.25, -0.2) is 9.48 Å². The molecule has 1 aliphatic rings. The number of aryl methyl sites for hydroxylation is 3. The van der Waals surface area contributed by atoms with Gasteiger partial charge in [0, 0.05) is 11.1 Å². The number of hydrogen-bond donors (Lipinski definition) is 1. The van der Waals surface area contributed by atoms with Gasteiger partial charge in [-0.2, -0.15) is 0 Å². The molecule has 5 aromatic carbocycles. The summed E-state index contributed by atoms with van der Waals surface area (Å²) in [5, 5.41) is 15.7.